The molecule has 4 rings (SSSR count). The van der Waals surface area contributed by atoms with Gasteiger partial charge in [0.15, 0.2) is 5.65 Å². The van der Waals surface area contributed by atoms with Gasteiger partial charge in [0.2, 0.25) is 0 Å². The molecule has 1 saturated heterocycles. The minimum Gasteiger partial charge on any atom is -0.387 e. The quantitative estimate of drug-likeness (QED) is 0.793. The number of aromatic nitrogens is 3. The zero-order valence-electron chi connectivity index (χ0n) is 13.4. The summed E-state index contributed by atoms with van der Waals surface area (Å²) in [5, 5.41) is 15.9. The highest BCUT2D eigenvalue weighted by molar-refractivity contribution is 5.75. The van der Waals surface area contributed by atoms with Gasteiger partial charge in [0.1, 0.15) is 0 Å². The largest absolute Gasteiger partial charge is 0.387 e. The standard InChI is InChI=1S/C18H20N4O2/c23-17(13-21-8-10-24-11-9-21)14-3-5-16(6-4-14)22-18-15(12-20-22)2-1-7-19-18/h1-7,12,17,23H,8-11,13H2/t17-/m1/s1. The number of aliphatic hydroxyl groups is 1. The van der Waals surface area contributed by atoms with Crippen molar-refractivity contribution in [3.8, 4) is 5.69 Å². The number of β-amino-alcohol motifs (C(OH)–C–C–N with tert-alkyl or cyclic N) is 1. The van der Waals surface area contributed by atoms with E-state index in [4.69, 9.17) is 4.74 Å². The van der Waals surface area contributed by atoms with Crippen molar-refractivity contribution in [2.24, 2.45) is 0 Å². The minimum atomic E-state index is -0.496. The molecule has 0 bridgehead atoms. The molecule has 124 valence electrons. The summed E-state index contributed by atoms with van der Waals surface area (Å²) in [7, 11) is 0. The van der Waals surface area contributed by atoms with Crippen molar-refractivity contribution in [1.29, 1.82) is 0 Å². The topological polar surface area (TPSA) is 63.4 Å². The van der Waals surface area contributed by atoms with E-state index in [1.807, 2.05) is 47.3 Å². The van der Waals surface area contributed by atoms with Gasteiger partial charge >= 0.3 is 0 Å². The number of fused-ring (bicyclic) bond motifs is 1. The summed E-state index contributed by atoms with van der Waals surface area (Å²) in [6.07, 6.45) is 3.08. The highest BCUT2D eigenvalue weighted by Gasteiger charge is 2.16. The second-order valence-electron chi connectivity index (χ2n) is 5.99. The van der Waals surface area contributed by atoms with Gasteiger partial charge < -0.3 is 9.84 Å². The smallest absolute Gasteiger partial charge is 0.162 e. The predicted octanol–water partition coefficient (Wildman–Crippen LogP) is 1.79. The molecule has 1 N–H and O–H groups in total. The Balaban J connectivity index is 1.51. The first-order valence-corrected chi connectivity index (χ1v) is 8.18. The summed E-state index contributed by atoms with van der Waals surface area (Å²) in [6, 6.07) is 11.7. The lowest BCUT2D eigenvalue weighted by Gasteiger charge is -2.28. The molecule has 3 heterocycles. The zero-order valence-corrected chi connectivity index (χ0v) is 13.4. The van der Waals surface area contributed by atoms with Gasteiger partial charge in [0.25, 0.3) is 0 Å². The molecule has 3 aromatic rings. The van der Waals surface area contributed by atoms with E-state index in [1.54, 1.807) is 6.20 Å². The number of rotatable bonds is 4. The molecule has 0 amide bonds. The van der Waals surface area contributed by atoms with Gasteiger partial charge in [-0.2, -0.15) is 5.10 Å². The first-order chi connectivity index (χ1) is 11.8. The molecule has 1 aromatic carbocycles. The van der Waals surface area contributed by atoms with Crippen molar-refractivity contribution in [2.75, 3.05) is 32.8 Å². The van der Waals surface area contributed by atoms with Gasteiger partial charge in [-0.1, -0.05) is 12.1 Å². The molecular weight excluding hydrogens is 304 g/mol. The normalized spacial score (nSPS) is 17.2. The lowest BCUT2D eigenvalue weighted by molar-refractivity contribution is 0.0143. The molecule has 0 spiro atoms. The highest BCUT2D eigenvalue weighted by atomic mass is 16.5. The molecule has 2 aromatic heterocycles. The molecule has 1 fully saturated rings. The third-order valence-electron chi connectivity index (χ3n) is 4.39. The van der Waals surface area contributed by atoms with Crippen molar-refractivity contribution < 1.29 is 9.84 Å². The average molecular weight is 324 g/mol. The fraction of sp³-hybridized carbons (Fsp3) is 0.333. The fourth-order valence-corrected chi connectivity index (χ4v) is 3.02. The summed E-state index contributed by atoms with van der Waals surface area (Å²) in [5.74, 6) is 0. The van der Waals surface area contributed by atoms with Crippen LogP contribution in [0.15, 0.2) is 48.8 Å². The van der Waals surface area contributed by atoms with E-state index >= 15 is 0 Å². The van der Waals surface area contributed by atoms with Crippen molar-refractivity contribution in [3.05, 3.63) is 54.4 Å². The summed E-state index contributed by atoms with van der Waals surface area (Å²) in [6.45, 7) is 3.87. The maximum Gasteiger partial charge on any atom is 0.162 e. The van der Waals surface area contributed by atoms with Gasteiger partial charge in [-0.3, -0.25) is 4.90 Å². The van der Waals surface area contributed by atoms with Crippen LogP contribution in [0.2, 0.25) is 0 Å². The van der Waals surface area contributed by atoms with Gasteiger partial charge in [0, 0.05) is 31.2 Å². The van der Waals surface area contributed by atoms with Crippen LogP contribution in [0.3, 0.4) is 0 Å². The third kappa shape index (κ3) is 3.03. The van der Waals surface area contributed by atoms with Crippen LogP contribution in [-0.4, -0.2) is 57.6 Å². The van der Waals surface area contributed by atoms with E-state index in [9.17, 15) is 5.11 Å². The Bertz CT molecular complexity index is 809. The van der Waals surface area contributed by atoms with E-state index in [1.165, 1.54) is 0 Å². The average Bonchev–Trinajstić information content (AvgIpc) is 3.07. The molecule has 1 atom stereocenters. The lowest BCUT2D eigenvalue weighted by Crippen LogP contribution is -2.38. The Morgan fingerprint density at radius 3 is 2.71 bits per heavy atom. The Morgan fingerprint density at radius 2 is 1.92 bits per heavy atom. The number of hydrogen-bond donors (Lipinski definition) is 1. The molecule has 6 heteroatoms. The highest BCUT2D eigenvalue weighted by Crippen LogP contribution is 2.20. The molecule has 1 aliphatic rings. The maximum atomic E-state index is 10.4. The summed E-state index contributed by atoms with van der Waals surface area (Å²) in [4.78, 5) is 6.61. The van der Waals surface area contributed by atoms with Crippen molar-refractivity contribution in [3.63, 3.8) is 0 Å². The summed E-state index contributed by atoms with van der Waals surface area (Å²) in [5.41, 5.74) is 2.68. The first-order valence-electron chi connectivity index (χ1n) is 8.18. The van der Waals surface area contributed by atoms with E-state index in [0.717, 1.165) is 48.6 Å². The Labute approximate surface area is 140 Å². The van der Waals surface area contributed by atoms with Crippen LogP contribution in [0.25, 0.3) is 16.7 Å². The first kappa shape index (κ1) is 15.3. The molecule has 0 aliphatic carbocycles. The van der Waals surface area contributed by atoms with Crippen molar-refractivity contribution >= 4 is 11.0 Å². The molecular formula is C18H20N4O2. The van der Waals surface area contributed by atoms with Crippen molar-refractivity contribution in [2.45, 2.75) is 6.10 Å². The molecule has 24 heavy (non-hydrogen) atoms. The van der Waals surface area contributed by atoms with Crippen LogP contribution in [0.4, 0.5) is 0 Å². The minimum absolute atomic E-state index is 0.496. The Hall–Kier alpha value is -2.28. The summed E-state index contributed by atoms with van der Waals surface area (Å²) < 4.78 is 7.15. The third-order valence-corrected chi connectivity index (χ3v) is 4.39. The monoisotopic (exact) mass is 324 g/mol. The number of aliphatic hydroxyl groups excluding tert-OH is 1. The predicted molar refractivity (Wildman–Crippen MR) is 91.1 cm³/mol. The van der Waals surface area contributed by atoms with Crippen LogP contribution in [0, 0.1) is 0 Å². The van der Waals surface area contributed by atoms with Gasteiger partial charge in [0.05, 0.1) is 31.2 Å². The van der Waals surface area contributed by atoms with Crippen LogP contribution in [0.5, 0.6) is 0 Å². The number of morpholine rings is 1. The van der Waals surface area contributed by atoms with E-state index < -0.39 is 6.10 Å². The molecule has 0 unspecified atom stereocenters. The van der Waals surface area contributed by atoms with Crippen molar-refractivity contribution in [1.82, 2.24) is 19.7 Å². The number of benzene rings is 1. The van der Waals surface area contributed by atoms with Gasteiger partial charge in [-0.15, -0.1) is 0 Å². The molecule has 0 saturated carbocycles. The van der Waals surface area contributed by atoms with Crippen LogP contribution >= 0.6 is 0 Å². The number of ether oxygens (including phenoxy) is 1. The van der Waals surface area contributed by atoms with Crippen LogP contribution in [-0.2, 0) is 4.74 Å². The maximum absolute atomic E-state index is 10.4. The number of pyridine rings is 1. The molecule has 0 radical (unpaired) electrons. The summed E-state index contributed by atoms with van der Waals surface area (Å²) >= 11 is 0. The van der Waals surface area contributed by atoms with E-state index in [-0.39, 0.29) is 0 Å². The Kier molecular flexibility index (Phi) is 4.25. The van der Waals surface area contributed by atoms with E-state index in [0.29, 0.717) is 6.54 Å². The van der Waals surface area contributed by atoms with Gasteiger partial charge in [-0.05, 0) is 29.8 Å². The molecule has 1 aliphatic heterocycles. The second kappa shape index (κ2) is 6.68. The number of nitrogens with zero attached hydrogens (tertiary/aromatic N) is 4. The number of hydrogen-bond acceptors (Lipinski definition) is 5. The molecule has 6 nitrogen and oxygen atoms in total. The Morgan fingerprint density at radius 1 is 1.12 bits per heavy atom. The van der Waals surface area contributed by atoms with Crippen LogP contribution < -0.4 is 0 Å². The van der Waals surface area contributed by atoms with E-state index in [2.05, 4.69) is 15.0 Å². The lowest BCUT2D eigenvalue weighted by atomic mass is 10.1. The second-order valence-corrected chi connectivity index (χ2v) is 5.99. The SMILES string of the molecule is O[C@H](CN1CCOCC1)c1ccc(-n2ncc3cccnc32)cc1. The zero-order chi connectivity index (χ0) is 16.4. The van der Waals surface area contributed by atoms with Gasteiger partial charge in [-0.25, -0.2) is 9.67 Å². The van der Waals surface area contributed by atoms with Crippen LogP contribution in [0.1, 0.15) is 11.7 Å². The fourth-order valence-electron chi connectivity index (χ4n) is 3.02.